The highest BCUT2D eigenvalue weighted by molar-refractivity contribution is 5.91. The molecule has 6 heteroatoms. The fraction of sp³-hybridized carbons (Fsp3) is 0.286. The molecule has 0 aliphatic carbocycles. The molecular formula is C14H13F3N2O. The monoisotopic (exact) mass is 282 g/mol. The van der Waals surface area contributed by atoms with E-state index >= 15 is 0 Å². The second-order valence-electron chi connectivity index (χ2n) is 4.03. The number of hydrogen-bond donors (Lipinski definition) is 0. The SMILES string of the molecule is N#CCCN(CC(F)(F)F)C(=O)C=Cc1ccccc1. The highest BCUT2D eigenvalue weighted by Gasteiger charge is 2.32. The first kappa shape index (κ1) is 15.8. The summed E-state index contributed by atoms with van der Waals surface area (Å²) in [6.45, 7) is -1.60. The number of nitriles is 1. The largest absolute Gasteiger partial charge is 0.406 e. The number of nitrogens with zero attached hydrogens (tertiary/aromatic N) is 2. The Hall–Kier alpha value is -2.29. The molecule has 1 rings (SSSR count). The van der Waals surface area contributed by atoms with Gasteiger partial charge in [0.15, 0.2) is 0 Å². The van der Waals surface area contributed by atoms with E-state index in [1.54, 1.807) is 36.4 Å². The lowest BCUT2D eigenvalue weighted by Crippen LogP contribution is -2.38. The fourth-order valence-electron chi connectivity index (χ4n) is 1.51. The smallest absolute Gasteiger partial charge is 0.329 e. The Labute approximate surface area is 114 Å². The van der Waals surface area contributed by atoms with Gasteiger partial charge in [0.2, 0.25) is 5.91 Å². The number of carbonyl (C=O) groups is 1. The zero-order valence-electron chi connectivity index (χ0n) is 10.6. The predicted molar refractivity (Wildman–Crippen MR) is 68.3 cm³/mol. The third kappa shape index (κ3) is 6.05. The summed E-state index contributed by atoms with van der Waals surface area (Å²) in [5.74, 6) is -0.763. The molecule has 3 nitrogen and oxygen atoms in total. The molecule has 0 aliphatic heterocycles. The maximum Gasteiger partial charge on any atom is 0.406 e. The van der Waals surface area contributed by atoms with Crippen molar-refractivity contribution < 1.29 is 18.0 Å². The molecule has 0 unspecified atom stereocenters. The van der Waals surface area contributed by atoms with Gasteiger partial charge in [-0.05, 0) is 11.6 Å². The number of benzene rings is 1. The first-order chi connectivity index (χ1) is 9.42. The summed E-state index contributed by atoms with van der Waals surface area (Å²) in [6, 6.07) is 10.5. The third-order valence-corrected chi connectivity index (χ3v) is 2.39. The number of amides is 1. The van der Waals surface area contributed by atoms with Crippen molar-refractivity contribution in [2.75, 3.05) is 13.1 Å². The van der Waals surface area contributed by atoms with E-state index in [1.807, 2.05) is 0 Å². The number of halogens is 3. The first-order valence-electron chi connectivity index (χ1n) is 5.88. The van der Waals surface area contributed by atoms with Crippen molar-refractivity contribution in [3.63, 3.8) is 0 Å². The van der Waals surface area contributed by atoms with Crippen LogP contribution in [0.3, 0.4) is 0 Å². The van der Waals surface area contributed by atoms with Crippen molar-refractivity contribution in [2.45, 2.75) is 12.6 Å². The molecule has 1 aromatic rings. The van der Waals surface area contributed by atoms with E-state index in [0.29, 0.717) is 10.5 Å². The van der Waals surface area contributed by atoms with Gasteiger partial charge in [0.25, 0.3) is 0 Å². The first-order valence-corrected chi connectivity index (χ1v) is 5.88. The zero-order chi connectivity index (χ0) is 15.0. The van der Waals surface area contributed by atoms with E-state index in [2.05, 4.69) is 0 Å². The van der Waals surface area contributed by atoms with Gasteiger partial charge < -0.3 is 4.90 Å². The Morgan fingerprint density at radius 2 is 1.95 bits per heavy atom. The number of rotatable bonds is 5. The zero-order valence-corrected chi connectivity index (χ0v) is 10.6. The quantitative estimate of drug-likeness (QED) is 0.779. The minimum Gasteiger partial charge on any atom is -0.329 e. The summed E-state index contributed by atoms with van der Waals surface area (Å²) >= 11 is 0. The molecule has 0 bridgehead atoms. The normalized spacial score (nSPS) is 11.3. The number of hydrogen-bond acceptors (Lipinski definition) is 2. The van der Waals surface area contributed by atoms with Gasteiger partial charge >= 0.3 is 6.18 Å². The van der Waals surface area contributed by atoms with Crippen molar-refractivity contribution in [1.29, 1.82) is 5.26 Å². The molecule has 0 spiro atoms. The highest BCUT2D eigenvalue weighted by atomic mass is 19.4. The van der Waals surface area contributed by atoms with E-state index in [4.69, 9.17) is 5.26 Å². The molecule has 0 heterocycles. The van der Waals surface area contributed by atoms with Crippen LogP contribution in [-0.4, -0.2) is 30.1 Å². The molecule has 1 amide bonds. The summed E-state index contributed by atoms with van der Waals surface area (Å²) in [6.07, 6.45) is -2.09. The van der Waals surface area contributed by atoms with Crippen LogP contribution in [0.4, 0.5) is 13.2 Å². The highest BCUT2D eigenvalue weighted by Crippen LogP contribution is 2.17. The molecule has 0 aromatic heterocycles. The van der Waals surface area contributed by atoms with E-state index < -0.39 is 18.6 Å². The van der Waals surface area contributed by atoms with Crippen LogP contribution < -0.4 is 0 Å². The van der Waals surface area contributed by atoms with Gasteiger partial charge in [-0.25, -0.2) is 0 Å². The molecule has 1 aromatic carbocycles. The Kier molecular flexibility index (Phi) is 5.78. The van der Waals surface area contributed by atoms with Crippen LogP contribution in [0.1, 0.15) is 12.0 Å². The van der Waals surface area contributed by atoms with Crippen molar-refractivity contribution >= 4 is 12.0 Å². The molecular weight excluding hydrogens is 269 g/mol. The Balaban J connectivity index is 2.72. The lowest BCUT2D eigenvalue weighted by molar-refractivity contribution is -0.158. The summed E-state index contributed by atoms with van der Waals surface area (Å²) in [5, 5.41) is 8.42. The van der Waals surface area contributed by atoms with Crippen LogP contribution in [-0.2, 0) is 4.79 Å². The molecule has 0 saturated carbocycles. The van der Waals surface area contributed by atoms with Gasteiger partial charge in [-0.2, -0.15) is 18.4 Å². The van der Waals surface area contributed by atoms with Gasteiger partial charge in [0.05, 0.1) is 12.5 Å². The van der Waals surface area contributed by atoms with Crippen LogP contribution in [0.15, 0.2) is 36.4 Å². The minimum absolute atomic E-state index is 0.138. The standard InChI is InChI=1S/C14H13F3N2O/c15-14(16,17)11-19(10-4-9-18)13(20)8-7-12-5-2-1-3-6-12/h1-3,5-8H,4,10-11H2. The van der Waals surface area contributed by atoms with Crippen molar-refractivity contribution in [3.05, 3.63) is 42.0 Å². The van der Waals surface area contributed by atoms with Gasteiger partial charge in [0, 0.05) is 12.6 Å². The summed E-state index contributed by atoms with van der Waals surface area (Å²) in [5.41, 5.74) is 0.716. The average Bonchev–Trinajstić information content (AvgIpc) is 2.40. The maximum atomic E-state index is 12.4. The number of carbonyl (C=O) groups excluding carboxylic acids is 1. The Morgan fingerprint density at radius 3 is 2.50 bits per heavy atom. The third-order valence-electron chi connectivity index (χ3n) is 2.39. The van der Waals surface area contributed by atoms with E-state index in [9.17, 15) is 18.0 Å². The summed E-state index contributed by atoms with van der Waals surface area (Å²) < 4.78 is 37.1. The number of alkyl halides is 3. The van der Waals surface area contributed by atoms with Crippen molar-refractivity contribution in [3.8, 4) is 6.07 Å². The average molecular weight is 282 g/mol. The topological polar surface area (TPSA) is 44.1 Å². The fourth-order valence-corrected chi connectivity index (χ4v) is 1.51. The van der Waals surface area contributed by atoms with Gasteiger partial charge in [-0.1, -0.05) is 30.3 Å². The lowest BCUT2D eigenvalue weighted by Gasteiger charge is -2.21. The van der Waals surface area contributed by atoms with Crippen LogP contribution in [0.5, 0.6) is 0 Å². The van der Waals surface area contributed by atoms with Crippen molar-refractivity contribution in [2.24, 2.45) is 0 Å². The van der Waals surface area contributed by atoms with E-state index in [0.717, 1.165) is 6.08 Å². The molecule has 0 radical (unpaired) electrons. The van der Waals surface area contributed by atoms with Crippen molar-refractivity contribution in [1.82, 2.24) is 4.90 Å². The van der Waals surface area contributed by atoms with Crippen LogP contribution >= 0.6 is 0 Å². The second kappa shape index (κ2) is 7.34. The lowest BCUT2D eigenvalue weighted by atomic mass is 10.2. The molecule has 20 heavy (non-hydrogen) atoms. The minimum atomic E-state index is -4.48. The molecule has 0 N–H and O–H groups in total. The molecule has 0 atom stereocenters. The van der Waals surface area contributed by atoms with Gasteiger partial charge in [-0.3, -0.25) is 4.79 Å². The van der Waals surface area contributed by atoms with E-state index in [1.165, 1.54) is 6.08 Å². The predicted octanol–water partition coefficient (Wildman–Crippen LogP) is 3.00. The Bertz CT molecular complexity index is 503. The second-order valence-corrected chi connectivity index (χ2v) is 4.03. The molecule has 0 aliphatic rings. The van der Waals surface area contributed by atoms with Crippen LogP contribution in [0.2, 0.25) is 0 Å². The summed E-state index contributed by atoms with van der Waals surface area (Å²) in [7, 11) is 0. The summed E-state index contributed by atoms with van der Waals surface area (Å²) in [4.78, 5) is 12.3. The Morgan fingerprint density at radius 1 is 1.30 bits per heavy atom. The van der Waals surface area contributed by atoms with Gasteiger partial charge in [0.1, 0.15) is 6.54 Å². The molecule has 106 valence electrons. The molecule has 0 fully saturated rings. The van der Waals surface area contributed by atoms with Gasteiger partial charge in [-0.15, -0.1) is 0 Å². The van der Waals surface area contributed by atoms with E-state index in [-0.39, 0.29) is 13.0 Å². The van der Waals surface area contributed by atoms with Crippen LogP contribution in [0.25, 0.3) is 6.08 Å². The molecule has 0 saturated heterocycles. The maximum absolute atomic E-state index is 12.4. The van der Waals surface area contributed by atoms with Crippen LogP contribution in [0, 0.1) is 11.3 Å².